The highest BCUT2D eigenvalue weighted by atomic mass is 31.2. The van der Waals surface area contributed by atoms with Gasteiger partial charge in [-0.25, -0.2) is 14.5 Å². The molecule has 2 saturated heterocycles. The molecule has 0 radical (unpaired) electrons. The lowest BCUT2D eigenvalue weighted by molar-refractivity contribution is -0.0579. The normalized spacial score (nSPS) is 31.8. The zero-order valence-corrected chi connectivity index (χ0v) is 18.5. The van der Waals surface area contributed by atoms with Gasteiger partial charge in [-0.15, -0.1) is 0 Å². The molecule has 2 atom stereocenters. The number of hydrogen-bond acceptors (Lipinski definition) is 10. The van der Waals surface area contributed by atoms with E-state index in [1.54, 1.807) is 0 Å². The van der Waals surface area contributed by atoms with Gasteiger partial charge in [0, 0.05) is 24.4 Å². The molecule has 2 fully saturated rings. The number of benzene rings is 1. The number of aliphatic hydroxyl groups is 1. The Balaban J connectivity index is 1.50. The molecular formula is C18H18N2O11P2. The number of carbonyl (C=O) groups is 2. The minimum Gasteiger partial charge on any atom is -0.447 e. The maximum Gasteiger partial charge on any atom is 0.424 e. The number of rotatable bonds is 4. The number of nitrogens with zero attached hydrogens (tertiary/aromatic N) is 2. The first-order valence-corrected chi connectivity index (χ1v) is 12.6. The number of imide groups is 1. The summed E-state index contributed by atoms with van der Waals surface area (Å²) in [5.74, 6) is 0.00621. The molecule has 2 unspecified atom stereocenters. The molecule has 176 valence electrons. The van der Waals surface area contributed by atoms with Crippen molar-refractivity contribution in [3.8, 4) is 5.75 Å². The third kappa shape index (κ3) is 4.44. The molecule has 0 aliphatic carbocycles. The second-order valence-corrected chi connectivity index (χ2v) is 11.4. The van der Waals surface area contributed by atoms with E-state index in [4.69, 9.17) is 13.8 Å². The summed E-state index contributed by atoms with van der Waals surface area (Å²) >= 11 is 0. The molecule has 2 amide bonds. The van der Waals surface area contributed by atoms with E-state index in [0.29, 0.717) is 0 Å². The average molecular weight is 500 g/mol. The molecule has 2 aromatic rings. The van der Waals surface area contributed by atoms with Crippen molar-refractivity contribution >= 4 is 27.4 Å². The van der Waals surface area contributed by atoms with Crippen molar-refractivity contribution in [2.75, 3.05) is 13.2 Å². The fraction of sp³-hybridized carbons (Fsp3) is 0.278. The van der Waals surface area contributed by atoms with Crippen molar-refractivity contribution in [3.05, 3.63) is 59.9 Å². The summed E-state index contributed by atoms with van der Waals surface area (Å²) in [6.07, 6.45) is -1.61. The molecule has 0 saturated carbocycles. The van der Waals surface area contributed by atoms with Gasteiger partial charge in [0.1, 0.15) is 12.4 Å². The predicted octanol–water partition coefficient (Wildman–Crippen LogP) is 2.34. The maximum absolute atomic E-state index is 12.8. The molecule has 0 spiro atoms. The van der Waals surface area contributed by atoms with Crippen LogP contribution in [0.25, 0.3) is 0 Å². The molecule has 4 rings (SSSR count). The van der Waals surface area contributed by atoms with Gasteiger partial charge in [0.15, 0.2) is 0 Å². The second-order valence-electron chi connectivity index (χ2n) is 7.10. The van der Waals surface area contributed by atoms with E-state index in [2.05, 4.69) is 9.72 Å². The van der Waals surface area contributed by atoms with Gasteiger partial charge in [0.25, 0.3) is 5.08 Å². The number of ether oxygens (including phenoxy) is 2. The third-order valence-electron chi connectivity index (χ3n) is 4.89. The van der Waals surface area contributed by atoms with Gasteiger partial charge in [-0.2, -0.15) is 0 Å². The molecular weight excluding hydrogens is 482 g/mol. The van der Waals surface area contributed by atoms with Gasteiger partial charge >= 0.3 is 27.4 Å². The monoisotopic (exact) mass is 500 g/mol. The first-order valence-electron chi connectivity index (χ1n) is 9.42. The molecule has 13 nitrogen and oxygen atoms in total. The van der Waals surface area contributed by atoms with Crippen molar-refractivity contribution in [1.82, 2.24) is 9.88 Å². The molecule has 15 heteroatoms. The van der Waals surface area contributed by atoms with Gasteiger partial charge < -0.3 is 24.4 Å². The molecule has 2 aliphatic rings. The standard InChI is InChI=1S/C18H18N2O11P2/c21-16-20(8-9-28-16)17(22)29-14-5-3-13(4-6-14)15-30-32(24,25)18(23,33(26,27)31-15)10-12-2-1-7-19-11-12/h1-7,11,15,23H,8-10H2,(H,24,25)(H,26,27). The zero-order valence-electron chi connectivity index (χ0n) is 16.7. The lowest BCUT2D eigenvalue weighted by Gasteiger charge is -2.41. The van der Waals surface area contributed by atoms with Crippen molar-refractivity contribution in [2.45, 2.75) is 17.8 Å². The highest BCUT2D eigenvalue weighted by molar-refractivity contribution is 7.73. The van der Waals surface area contributed by atoms with Gasteiger partial charge in [-0.3, -0.25) is 23.2 Å². The summed E-state index contributed by atoms with van der Waals surface area (Å²) in [6.45, 7) is 0.0951. The summed E-state index contributed by atoms with van der Waals surface area (Å²) in [5.41, 5.74) is 0.240. The fourth-order valence-corrected chi connectivity index (χ4v) is 6.69. The van der Waals surface area contributed by atoms with Gasteiger partial charge in [-0.1, -0.05) is 18.2 Å². The third-order valence-corrected chi connectivity index (χ3v) is 9.48. The van der Waals surface area contributed by atoms with Crippen LogP contribution < -0.4 is 4.74 Å². The van der Waals surface area contributed by atoms with Crippen LogP contribution in [0.2, 0.25) is 0 Å². The van der Waals surface area contributed by atoms with Crippen molar-refractivity contribution in [3.63, 3.8) is 0 Å². The Labute approximate surface area is 186 Å². The fourth-order valence-electron chi connectivity index (χ4n) is 3.11. The number of pyridine rings is 1. The molecule has 2 aliphatic heterocycles. The molecule has 33 heavy (non-hydrogen) atoms. The minimum atomic E-state index is -5.13. The topological polar surface area (TPSA) is 182 Å². The molecule has 3 heterocycles. The summed E-state index contributed by atoms with van der Waals surface area (Å²) < 4.78 is 45.3. The highest BCUT2D eigenvalue weighted by Crippen LogP contribution is 2.79. The van der Waals surface area contributed by atoms with Crippen molar-refractivity contribution in [1.29, 1.82) is 0 Å². The van der Waals surface area contributed by atoms with Crippen LogP contribution in [0.3, 0.4) is 0 Å². The Kier molecular flexibility index (Phi) is 6.14. The first kappa shape index (κ1) is 23.5. The molecule has 3 N–H and O–H groups in total. The van der Waals surface area contributed by atoms with Crippen LogP contribution in [0.1, 0.15) is 17.4 Å². The number of carbonyl (C=O) groups excluding carboxylic acids is 2. The Morgan fingerprint density at radius 3 is 2.39 bits per heavy atom. The smallest absolute Gasteiger partial charge is 0.424 e. The Morgan fingerprint density at radius 1 is 1.18 bits per heavy atom. The average Bonchev–Trinajstić information content (AvgIpc) is 3.19. The highest BCUT2D eigenvalue weighted by Gasteiger charge is 2.67. The Morgan fingerprint density at radius 2 is 1.85 bits per heavy atom. The summed E-state index contributed by atoms with van der Waals surface area (Å²) in [4.78, 5) is 48.7. The van der Waals surface area contributed by atoms with Crippen LogP contribution in [0.15, 0.2) is 48.8 Å². The Hall–Kier alpha value is -2.63. The molecule has 1 aromatic carbocycles. The van der Waals surface area contributed by atoms with Gasteiger partial charge in [0.2, 0.25) is 6.29 Å². The summed E-state index contributed by atoms with van der Waals surface area (Å²) in [6, 6.07) is 7.93. The number of amides is 2. The van der Waals surface area contributed by atoms with Crippen LogP contribution in [-0.4, -0.2) is 55.2 Å². The summed E-state index contributed by atoms with van der Waals surface area (Å²) in [5, 5.41) is 7.60. The van der Waals surface area contributed by atoms with Crippen LogP contribution >= 0.6 is 15.2 Å². The van der Waals surface area contributed by atoms with Crippen LogP contribution in [0, 0.1) is 0 Å². The van der Waals surface area contributed by atoms with Gasteiger partial charge in [-0.05, 0) is 23.8 Å². The van der Waals surface area contributed by atoms with Crippen LogP contribution in [0.4, 0.5) is 9.59 Å². The van der Waals surface area contributed by atoms with E-state index < -0.39 is 45.2 Å². The number of cyclic esters (lactones) is 1. The van der Waals surface area contributed by atoms with E-state index in [1.807, 2.05) is 0 Å². The van der Waals surface area contributed by atoms with E-state index >= 15 is 0 Å². The largest absolute Gasteiger partial charge is 0.447 e. The SMILES string of the molecule is O=C1OCCN1C(=O)Oc1ccc(C2OP(=O)(O)C(O)(Cc3cccnc3)P(=O)(O)O2)cc1. The maximum atomic E-state index is 12.8. The zero-order chi connectivity index (χ0) is 23.9. The van der Waals surface area contributed by atoms with E-state index in [9.17, 15) is 33.6 Å². The quantitative estimate of drug-likeness (QED) is 0.522. The lowest BCUT2D eigenvalue weighted by Crippen LogP contribution is -2.37. The molecule has 1 aromatic heterocycles. The minimum absolute atomic E-state index is 0.00621. The van der Waals surface area contributed by atoms with Crippen LogP contribution in [-0.2, 0) is 29.3 Å². The van der Waals surface area contributed by atoms with E-state index in [1.165, 1.54) is 48.8 Å². The van der Waals surface area contributed by atoms with E-state index in [0.717, 1.165) is 4.90 Å². The lowest BCUT2D eigenvalue weighted by atomic mass is 10.2. The molecule has 0 bridgehead atoms. The summed E-state index contributed by atoms with van der Waals surface area (Å²) in [7, 11) is -10.3. The first-order chi connectivity index (χ1) is 15.5. The van der Waals surface area contributed by atoms with Crippen molar-refractivity contribution < 1.29 is 52.1 Å². The van der Waals surface area contributed by atoms with Crippen LogP contribution in [0.5, 0.6) is 5.75 Å². The second kappa shape index (κ2) is 8.62. The van der Waals surface area contributed by atoms with Gasteiger partial charge in [0.05, 0.1) is 6.54 Å². The Bertz CT molecular complexity index is 1130. The number of hydrogen-bond donors (Lipinski definition) is 3. The number of aromatic nitrogens is 1. The van der Waals surface area contributed by atoms with Crippen molar-refractivity contribution in [2.24, 2.45) is 0 Å². The predicted molar refractivity (Wildman–Crippen MR) is 108 cm³/mol. The van der Waals surface area contributed by atoms with E-state index in [-0.39, 0.29) is 30.0 Å².